The molecule has 32 heavy (non-hydrogen) atoms. The number of rotatable bonds is 5. The molecule has 0 radical (unpaired) electrons. The van der Waals surface area contributed by atoms with E-state index in [2.05, 4.69) is 14.9 Å². The van der Waals surface area contributed by atoms with E-state index >= 15 is 0 Å². The number of aromatic nitrogens is 2. The molecular formula is C24H32N6O2. The number of hydrogen-bond acceptors (Lipinski definition) is 6. The Labute approximate surface area is 189 Å². The highest BCUT2D eigenvalue weighted by molar-refractivity contribution is 5.94. The lowest BCUT2D eigenvalue weighted by atomic mass is 9.89. The van der Waals surface area contributed by atoms with Gasteiger partial charge in [0.05, 0.1) is 12.2 Å². The van der Waals surface area contributed by atoms with E-state index in [1.165, 1.54) is 25.7 Å². The van der Waals surface area contributed by atoms with Gasteiger partial charge in [-0.1, -0.05) is 25.0 Å². The Kier molecular flexibility index (Phi) is 6.99. The highest BCUT2D eigenvalue weighted by atomic mass is 16.2. The van der Waals surface area contributed by atoms with Crippen molar-refractivity contribution in [3.8, 4) is 11.1 Å². The summed E-state index contributed by atoms with van der Waals surface area (Å²) in [6, 6.07) is 7.16. The maximum absolute atomic E-state index is 13.1. The molecule has 1 unspecified atom stereocenters. The predicted molar refractivity (Wildman–Crippen MR) is 124 cm³/mol. The van der Waals surface area contributed by atoms with Crippen molar-refractivity contribution in [2.24, 2.45) is 5.73 Å². The minimum atomic E-state index is -0.479. The molecule has 2 fully saturated rings. The molecule has 0 aliphatic carbocycles. The molecule has 0 saturated carbocycles. The average Bonchev–Trinajstić information content (AvgIpc) is 3.08. The molecule has 1 atom stereocenters. The predicted octanol–water partition coefficient (Wildman–Crippen LogP) is 2.41. The number of carbonyl (C=O) groups excluding carboxylic acids is 2. The number of anilines is 1. The Bertz CT molecular complexity index is 971. The second kappa shape index (κ2) is 10.1. The van der Waals surface area contributed by atoms with Gasteiger partial charge in [-0.2, -0.15) is 0 Å². The molecule has 2 aromatic rings. The SMILES string of the molecule is NC(=O)c1cccc(-c2cnc(N)nc2C2CCCN(C(=O)CN3CCCCCC3)C2)c1. The monoisotopic (exact) mass is 436 g/mol. The molecule has 2 aliphatic heterocycles. The minimum absolute atomic E-state index is 0.0642. The summed E-state index contributed by atoms with van der Waals surface area (Å²) in [6.45, 7) is 3.89. The van der Waals surface area contributed by atoms with E-state index in [9.17, 15) is 9.59 Å². The summed E-state index contributed by atoms with van der Waals surface area (Å²) in [5.41, 5.74) is 14.3. The summed E-state index contributed by atoms with van der Waals surface area (Å²) >= 11 is 0. The number of amides is 2. The first-order chi connectivity index (χ1) is 15.5. The Balaban J connectivity index is 1.54. The molecule has 2 saturated heterocycles. The number of nitrogens with zero attached hydrogens (tertiary/aromatic N) is 4. The zero-order valence-corrected chi connectivity index (χ0v) is 18.5. The Morgan fingerprint density at radius 3 is 2.59 bits per heavy atom. The van der Waals surface area contributed by atoms with E-state index < -0.39 is 5.91 Å². The topological polar surface area (TPSA) is 118 Å². The summed E-state index contributed by atoms with van der Waals surface area (Å²) in [5, 5.41) is 0. The number of piperidine rings is 1. The van der Waals surface area contributed by atoms with E-state index in [1.807, 2.05) is 11.0 Å². The van der Waals surface area contributed by atoms with Crippen LogP contribution in [0, 0.1) is 0 Å². The molecule has 0 bridgehead atoms. The first-order valence-corrected chi connectivity index (χ1v) is 11.5. The summed E-state index contributed by atoms with van der Waals surface area (Å²) in [7, 11) is 0. The van der Waals surface area contributed by atoms with Gasteiger partial charge in [0.1, 0.15) is 0 Å². The summed E-state index contributed by atoms with van der Waals surface area (Å²) < 4.78 is 0. The lowest BCUT2D eigenvalue weighted by Gasteiger charge is -2.34. The number of nitrogen functional groups attached to an aromatic ring is 1. The Morgan fingerprint density at radius 1 is 1.06 bits per heavy atom. The Morgan fingerprint density at radius 2 is 1.84 bits per heavy atom. The quantitative estimate of drug-likeness (QED) is 0.743. The number of likely N-dealkylation sites (tertiary alicyclic amines) is 2. The van der Waals surface area contributed by atoms with Gasteiger partial charge in [-0.3, -0.25) is 14.5 Å². The fourth-order valence-electron chi connectivity index (χ4n) is 4.80. The molecule has 4 rings (SSSR count). The van der Waals surface area contributed by atoms with Crippen molar-refractivity contribution < 1.29 is 9.59 Å². The standard InChI is InChI=1S/C24H32N6O2/c25-23(32)18-8-5-7-17(13-18)20-14-27-24(26)28-22(20)19-9-6-12-30(15-19)21(31)16-29-10-3-1-2-4-11-29/h5,7-8,13-14,19H,1-4,6,9-12,15-16H2,(H2,25,32)(H2,26,27,28). The third-order valence-electron chi connectivity index (χ3n) is 6.51. The molecule has 4 N–H and O–H groups in total. The molecular weight excluding hydrogens is 404 g/mol. The van der Waals surface area contributed by atoms with Crippen LogP contribution in [0.2, 0.25) is 0 Å². The molecule has 170 valence electrons. The summed E-state index contributed by atoms with van der Waals surface area (Å²) in [6.07, 6.45) is 8.40. The number of carbonyl (C=O) groups is 2. The van der Waals surface area contributed by atoms with Crippen LogP contribution in [0.25, 0.3) is 11.1 Å². The van der Waals surface area contributed by atoms with Gasteiger partial charge >= 0.3 is 0 Å². The van der Waals surface area contributed by atoms with Crippen molar-refractivity contribution in [3.63, 3.8) is 0 Å². The normalized spacial score (nSPS) is 20.0. The van der Waals surface area contributed by atoms with Crippen molar-refractivity contribution in [3.05, 3.63) is 41.7 Å². The van der Waals surface area contributed by atoms with E-state index in [-0.39, 0.29) is 17.8 Å². The van der Waals surface area contributed by atoms with Gasteiger partial charge in [0, 0.05) is 36.3 Å². The van der Waals surface area contributed by atoms with Crippen molar-refractivity contribution >= 4 is 17.8 Å². The number of benzene rings is 1. The van der Waals surface area contributed by atoms with Crippen LogP contribution in [0.4, 0.5) is 5.95 Å². The molecule has 8 nitrogen and oxygen atoms in total. The molecule has 1 aromatic carbocycles. The molecule has 2 amide bonds. The maximum atomic E-state index is 13.1. The van der Waals surface area contributed by atoms with Gasteiger partial charge in [-0.25, -0.2) is 9.97 Å². The Hall–Kier alpha value is -3.00. The first kappa shape index (κ1) is 22.2. The van der Waals surface area contributed by atoms with Gasteiger partial charge < -0.3 is 16.4 Å². The van der Waals surface area contributed by atoms with Crippen molar-refractivity contribution in [1.29, 1.82) is 0 Å². The van der Waals surface area contributed by atoms with E-state index in [0.717, 1.165) is 49.3 Å². The van der Waals surface area contributed by atoms with Gasteiger partial charge in [-0.05, 0) is 56.5 Å². The summed E-state index contributed by atoms with van der Waals surface area (Å²) in [5.74, 6) is -0.0131. The second-order valence-electron chi connectivity index (χ2n) is 8.84. The van der Waals surface area contributed by atoms with Crippen molar-refractivity contribution in [1.82, 2.24) is 19.8 Å². The minimum Gasteiger partial charge on any atom is -0.368 e. The molecule has 8 heteroatoms. The lowest BCUT2D eigenvalue weighted by Crippen LogP contribution is -2.45. The van der Waals surface area contributed by atoms with Gasteiger partial charge in [0.2, 0.25) is 17.8 Å². The van der Waals surface area contributed by atoms with Crippen LogP contribution in [0.15, 0.2) is 30.5 Å². The number of nitrogens with two attached hydrogens (primary N) is 2. The van der Waals surface area contributed by atoms with Crippen LogP contribution in [-0.2, 0) is 4.79 Å². The third kappa shape index (κ3) is 5.24. The number of primary amides is 1. The lowest BCUT2D eigenvalue weighted by molar-refractivity contribution is -0.133. The molecule has 1 aromatic heterocycles. The van der Waals surface area contributed by atoms with Crippen LogP contribution in [0.1, 0.15) is 60.5 Å². The largest absolute Gasteiger partial charge is 0.368 e. The average molecular weight is 437 g/mol. The van der Waals surface area contributed by atoms with Crippen LogP contribution in [-0.4, -0.2) is 64.3 Å². The van der Waals surface area contributed by atoms with Crippen LogP contribution in [0.3, 0.4) is 0 Å². The van der Waals surface area contributed by atoms with Crippen molar-refractivity contribution in [2.45, 2.75) is 44.4 Å². The van der Waals surface area contributed by atoms with Crippen LogP contribution in [0.5, 0.6) is 0 Å². The maximum Gasteiger partial charge on any atom is 0.248 e. The zero-order chi connectivity index (χ0) is 22.5. The molecule has 0 spiro atoms. The molecule has 2 aliphatic rings. The van der Waals surface area contributed by atoms with E-state index in [4.69, 9.17) is 11.5 Å². The smallest absolute Gasteiger partial charge is 0.248 e. The summed E-state index contributed by atoms with van der Waals surface area (Å²) in [4.78, 5) is 37.8. The van der Waals surface area contributed by atoms with Crippen molar-refractivity contribution in [2.75, 3.05) is 38.5 Å². The van der Waals surface area contributed by atoms with Gasteiger partial charge in [-0.15, -0.1) is 0 Å². The zero-order valence-electron chi connectivity index (χ0n) is 18.5. The first-order valence-electron chi connectivity index (χ1n) is 11.5. The van der Waals surface area contributed by atoms with E-state index in [0.29, 0.717) is 18.7 Å². The molecule has 3 heterocycles. The van der Waals surface area contributed by atoms with Gasteiger partial charge in [0.15, 0.2) is 0 Å². The highest BCUT2D eigenvalue weighted by Gasteiger charge is 2.29. The third-order valence-corrected chi connectivity index (χ3v) is 6.51. The number of hydrogen-bond donors (Lipinski definition) is 2. The fraction of sp³-hybridized carbons (Fsp3) is 0.500. The van der Waals surface area contributed by atoms with E-state index in [1.54, 1.807) is 24.4 Å². The van der Waals surface area contributed by atoms with Gasteiger partial charge in [0.25, 0.3) is 0 Å². The fourth-order valence-corrected chi connectivity index (χ4v) is 4.80. The van der Waals surface area contributed by atoms with Crippen LogP contribution < -0.4 is 11.5 Å². The van der Waals surface area contributed by atoms with Crippen LogP contribution >= 0.6 is 0 Å². The second-order valence-corrected chi connectivity index (χ2v) is 8.84. The highest BCUT2D eigenvalue weighted by Crippen LogP contribution is 2.33.